The maximum atomic E-state index is 8.91. The van der Waals surface area contributed by atoms with Crippen LogP contribution in [-0.4, -0.2) is 24.8 Å². The van der Waals surface area contributed by atoms with E-state index in [0.717, 1.165) is 29.2 Å². The quantitative estimate of drug-likeness (QED) is 0.706. The SMILES string of the molecule is CCc1nnc(C)cc1-c1nnc2cc(C#N)ccn12. The lowest BCUT2D eigenvalue weighted by atomic mass is 10.1. The fourth-order valence-corrected chi connectivity index (χ4v) is 2.11. The van der Waals surface area contributed by atoms with Crippen molar-refractivity contribution in [2.24, 2.45) is 0 Å². The number of pyridine rings is 1. The fourth-order valence-electron chi connectivity index (χ4n) is 2.11. The summed E-state index contributed by atoms with van der Waals surface area (Å²) >= 11 is 0. The minimum atomic E-state index is 0.566. The van der Waals surface area contributed by atoms with Crippen molar-refractivity contribution in [1.29, 1.82) is 5.26 Å². The van der Waals surface area contributed by atoms with Gasteiger partial charge in [0.2, 0.25) is 0 Å². The van der Waals surface area contributed by atoms with E-state index in [1.165, 1.54) is 0 Å². The second-order valence-electron chi connectivity index (χ2n) is 4.48. The van der Waals surface area contributed by atoms with E-state index in [1.54, 1.807) is 18.3 Å². The third-order valence-corrected chi connectivity index (χ3v) is 3.11. The number of aryl methyl sites for hydroxylation is 2. The standard InChI is InChI=1S/C14H12N6/c1-3-12-11(6-9(2)16-17-12)14-19-18-13-7-10(8-15)4-5-20(13)14/h4-7H,3H2,1-2H3. The molecule has 0 amide bonds. The zero-order valence-corrected chi connectivity index (χ0v) is 11.2. The van der Waals surface area contributed by atoms with Gasteiger partial charge in [0.05, 0.1) is 23.0 Å². The van der Waals surface area contributed by atoms with Crippen LogP contribution in [0.1, 0.15) is 23.9 Å². The Morgan fingerprint density at radius 1 is 1.20 bits per heavy atom. The van der Waals surface area contributed by atoms with Gasteiger partial charge < -0.3 is 0 Å². The smallest absolute Gasteiger partial charge is 0.170 e. The van der Waals surface area contributed by atoms with Gasteiger partial charge in [-0.05, 0) is 25.5 Å². The van der Waals surface area contributed by atoms with Crippen LogP contribution in [0.5, 0.6) is 0 Å². The lowest BCUT2D eigenvalue weighted by molar-refractivity contribution is 0.890. The Morgan fingerprint density at radius 3 is 2.80 bits per heavy atom. The summed E-state index contributed by atoms with van der Waals surface area (Å²) in [4.78, 5) is 0. The number of nitriles is 1. The van der Waals surface area contributed by atoms with Gasteiger partial charge in [0.15, 0.2) is 11.5 Å². The van der Waals surface area contributed by atoms with Gasteiger partial charge in [0, 0.05) is 17.8 Å². The van der Waals surface area contributed by atoms with Crippen LogP contribution in [0.4, 0.5) is 0 Å². The lowest BCUT2D eigenvalue weighted by Crippen LogP contribution is -2.00. The van der Waals surface area contributed by atoms with Gasteiger partial charge in [-0.3, -0.25) is 4.40 Å². The first-order valence-electron chi connectivity index (χ1n) is 6.31. The molecule has 20 heavy (non-hydrogen) atoms. The molecule has 0 aliphatic carbocycles. The highest BCUT2D eigenvalue weighted by Gasteiger charge is 2.13. The van der Waals surface area contributed by atoms with E-state index in [4.69, 9.17) is 5.26 Å². The number of fused-ring (bicyclic) bond motifs is 1. The van der Waals surface area contributed by atoms with E-state index in [9.17, 15) is 0 Å². The first-order valence-corrected chi connectivity index (χ1v) is 6.31. The van der Waals surface area contributed by atoms with E-state index in [1.807, 2.05) is 24.3 Å². The minimum Gasteiger partial charge on any atom is -0.282 e. The van der Waals surface area contributed by atoms with Gasteiger partial charge in [-0.25, -0.2) is 0 Å². The summed E-state index contributed by atoms with van der Waals surface area (Å²) in [5.41, 5.74) is 3.86. The number of hydrogen-bond donors (Lipinski definition) is 0. The van der Waals surface area contributed by atoms with Gasteiger partial charge >= 0.3 is 0 Å². The Hall–Kier alpha value is -2.81. The molecule has 0 saturated carbocycles. The van der Waals surface area contributed by atoms with E-state index in [-0.39, 0.29) is 0 Å². The molecule has 3 aromatic heterocycles. The molecule has 6 heteroatoms. The molecule has 0 N–H and O–H groups in total. The molecule has 3 rings (SSSR count). The van der Waals surface area contributed by atoms with Crippen LogP contribution in [0.2, 0.25) is 0 Å². The van der Waals surface area contributed by atoms with Crippen molar-refractivity contribution in [1.82, 2.24) is 24.8 Å². The zero-order chi connectivity index (χ0) is 14.1. The van der Waals surface area contributed by atoms with Gasteiger partial charge in [-0.1, -0.05) is 6.92 Å². The molecule has 98 valence electrons. The number of aromatic nitrogens is 5. The zero-order valence-electron chi connectivity index (χ0n) is 11.2. The van der Waals surface area contributed by atoms with Crippen molar-refractivity contribution in [2.75, 3.05) is 0 Å². The van der Waals surface area contributed by atoms with Crippen molar-refractivity contribution in [2.45, 2.75) is 20.3 Å². The average molecular weight is 264 g/mol. The van der Waals surface area contributed by atoms with Crippen LogP contribution in [0.25, 0.3) is 17.0 Å². The summed E-state index contributed by atoms with van der Waals surface area (Å²) in [6.07, 6.45) is 2.58. The predicted molar refractivity (Wildman–Crippen MR) is 72.8 cm³/mol. The molecule has 0 saturated heterocycles. The monoisotopic (exact) mass is 264 g/mol. The summed E-state index contributed by atoms with van der Waals surface area (Å²) in [6, 6.07) is 7.51. The Balaban J connectivity index is 2.25. The van der Waals surface area contributed by atoms with E-state index >= 15 is 0 Å². The Bertz CT molecular complexity index is 827. The summed E-state index contributed by atoms with van der Waals surface area (Å²) in [5, 5.41) is 25.5. The van der Waals surface area contributed by atoms with Crippen molar-refractivity contribution >= 4 is 5.65 Å². The Kier molecular flexibility index (Phi) is 2.88. The van der Waals surface area contributed by atoms with E-state index in [0.29, 0.717) is 11.2 Å². The maximum Gasteiger partial charge on any atom is 0.170 e. The molecule has 0 bridgehead atoms. The van der Waals surface area contributed by atoms with Gasteiger partial charge in [0.1, 0.15) is 0 Å². The van der Waals surface area contributed by atoms with Crippen LogP contribution in [0.3, 0.4) is 0 Å². The third kappa shape index (κ3) is 1.89. The fraction of sp³-hybridized carbons (Fsp3) is 0.214. The molecule has 0 spiro atoms. The second kappa shape index (κ2) is 4.70. The third-order valence-electron chi connectivity index (χ3n) is 3.11. The van der Waals surface area contributed by atoms with Crippen LogP contribution in [0.15, 0.2) is 24.4 Å². The molecule has 0 atom stereocenters. The Morgan fingerprint density at radius 2 is 2.05 bits per heavy atom. The number of rotatable bonds is 2. The summed E-state index contributed by atoms with van der Waals surface area (Å²) in [7, 11) is 0. The highest BCUT2D eigenvalue weighted by atomic mass is 15.2. The molecule has 3 aromatic rings. The first-order chi connectivity index (χ1) is 9.72. The summed E-state index contributed by atoms with van der Waals surface area (Å²) in [6.45, 7) is 3.92. The molecule has 0 aromatic carbocycles. The molecule has 6 nitrogen and oxygen atoms in total. The van der Waals surface area contributed by atoms with Crippen molar-refractivity contribution in [3.63, 3.8) is 0 Å². The van der Waals surface area contributed by atoms with E-state index in [2.05, 4.69) is 26.5 Å². The van der Waals surface area contributed by atoms with Crippen LogP contribution < -0.4 is 0 Å². The number of hydrogen-bond acceptors (Lipinski definition) is 5. The summed E-state index contributed by atoms with van der Waals surface area (Å²) in [5.74, 6) is 0.722. The van der Waals surface area contributed by atoms with Gasteiger partial charge in [0.25, 0.3) is 0 Å². The van der Waals surface area contributed by atoms with Crippen molar-refractivity contribution < 1.29 is 0 Å². The highest BCUT2D eigenvalue weighted by molar-refractivity contribution is 5.62. The normalized spacial score (nSPS) is 10.7. The lowest BCUT2D eigenvalue weighted by Gasteiger charge is -2.05. The Labute approximate surface area is 115 Å². The van der Waals surface area contributed by atoms with Crippen LogP contribution in [-0.2, 0) is 6.42 Å². The molecule has 3 heterocycles. The topological polar surface area (TPSA) is 79.8 Å². The molecule has 0 fully saturated rings. The largest absolute Gasteiger partial charge is 0.282 e. The minimum absolute atomic E-state index is 0.566. The second-order valence-corrected chi connectivity index (χ2v) is 4.48. The van der Waals surface area contributed by atoms with Crippen molar-refractivity contribution in [3.05, 3.63) is 41.3 Å². The van der Waals surface area contributed by atoms with Gasteiger partial charge in [-0.15, -0.1) is 10.2 Å². The van der Waals surface area contributed by atoms with Crippen molar-refractivity contribution in [3.8, 4) is 17.5 Å². The molecule has 0 aliphatic heterocycles. The van der Waals surface area contributed by atoms with E-state index < -0.39 is 0 Å². The van der Waals surface area contributed by atoms with Crippen LogP contribution in [0, 0.1) is 18.3 Å². The highest BCUT2D eigenvalue weighted by Crippen LogP contribution is 2.22. The molecule has 0 radical (unpaired) electrons. The maximum absolute atomic E-state index is 8.91. The predicted octanol–water partition coefficient (Wildman–Crippen LogP) is 1.93. The molecular weight excluding hydrogens is 252 g/mol. The van der Waals surface area contributed by atoms with Crippen LogP contribution >= 0.6 is 0 Å². The van der Waals surface area contributed by atoms with Gasteiger partial charge in [-0.2, -0.15) is 15.5 Å². The summed E-state index contributed by atoms with van der Waals surface area (Å²) < 4.78 is 1.86. The molecule has 0 aliphatic rings. The molecular formula is C14H12N6. The number of nitrogens with zero attached hydrogens (tertiary/aromatic N) is 6. The first kappa shape index (κ1) is 12.2. The average Bonchev–Trinajstić information content (AvgIpc) is 2.89. The molecule has 0 unspecified atom stereocenters.